The Morgan fingerprint density at radius 2 is 1.26 bits per heavy atom. The average molecular weight is 953 g/mol. The lowest BCUT2D eigenvalue weighted by Crippen LogP contribution is -2.23. The second-order valence-electron chi connectivity index (χ2n) is 16.1. The number of carbonyl (C=O) groups excluding carboxylic acids is 1. The summed E-state index contributed by atoms with van der Waals surface area (Å²) in [6.45, 7) is 1.81. The highest BCUT2D eigenvalue weighted by molar-refractivity contribution is 6.35. The van der Waals surface area contributed by atoms with Crippen molar-refractivity contribution < 1.29 is 4.79 Å². The van der Waals surface area contributed by atoms with Gasteiger partial charge in [0.2, 0.25) is 0 Å². The van der Waals surface area contributed by atoms with Crippen molar-refractivity contribution in [2.24, 2.45) is 15.7 Å². The number of H-pyrrole nitrogens is 2. The molecule has 0 spiro atoms. The first-order valence-electron chi connectivity index (χ1n) is 21.2. The van der Waals surface area contributed by atoms with E-state index >= 15 is 0 Å². The number of carbonyl (C=O) groups is 1. The van der Waals surface area contributed by atoms with Crippen LogP contribution < -0.4 is 11.1 Å². The van der Waals surface area contributed by atoms with E-state index in [-0.39, 0.29) is 0 Å². The van der Waals surface area contributed by atoms with Crippen LogP contribution in [0.5, 0.6) is 0 Å². The first-order chi connectivity index (χ1) is 33.2. The third kappa shape index (κ3) is 9.45. The molecule has 10 aromatic rings. The van der Waals surface area contributed by atoms with Crippen LogP contribution in [0.2, 0.25) is 15.1 Å². The van der Waals surface area contributed by atoms with E-state index in [9.17, 15) is 10.1 Å². The van der Waals surface area contributed by atoms with Crippen LogP contribution in [0, 0.1) is 11.3 Å². The lowest BCUT2D eigenvalue weighted by atomic mass is 10.0. The van der Waals surface area contributed by atoms with Crippen LogP contribution in [-0.4, -0.2) is 57.8 Å². The summed E-state index contributed by atoms with van der Waals surface area (Å²) < 4.78 is 0. The predicted octanol–water partition coefficient (Wildman–Crippen LogP) is 9.79. The quantitative estimate of drug-likeness (QED) is 0.111. The molecule has 14 nitrogen and oxygen atoms in total. The number of nitrogens with two attached hydrogens (primary N) is 1. The van der Waals surface area contributed by atoms with Crippen LogP contribution in [0.25, 0.3) is 43.9 Å². The molecule has 68 heavy (non-hydrogen) atoms. The molecule has 0 aliphatic carbocycles. The summed E-state index contributed by atoms with van der Waals surface area (Å²) in [7, 11) is 0. The molecule has 2 aromatic carbocycles. The summed E-state index contributed by atoms with van der Waals surface area (Å²) in [4.78, 5) is 51.4. The summed E-state index contributed by atoms with van der Waals surface area (Å²) in [5.74, 6) is 1.45. The SMILES string of the molecule is N#Cc1c[nH]c2ncc(CNC3=NCc4cnc(Cc5ccc6ncc(Cl)cc6c5)cc43)cc12.NC1=NCc2cnc(Cc3ccc4ncc(Cl)cc4c3)cc21.O=Cc1cnc2[nH]cc(Cl)c2c1. The molecule has 12 rings (SSSR count). The van der Waals surface area contributed by atoms with E-state index in [1.807, 2.05) is 55.0 Å². The molecule has 17 heteroatoms. The molecule has 0 bridgehead atoms. The van der Waals surface area contributed by atoms with E-state index in [1.165, 1.54) is 6.20 Å². The Labute approximate surface area is 403 Å². The number of pyridine rings is 6. The van der Waals surface area contributed by atoms with Crippen molar-refractivity contribution in [2.75, 3.05) is 0 Å². The molecule has 10 heterocycles. The van der Waals surface area contributed by atoms with Crippen molar-refractivity contribution in [3.63, 3.8) is 0 Å². The summed E-state index contributed by atoms with van der Waals surface area (Å²) >= 11 is 17.9. The van der Waals surface area contributed by atoms with Crippen LogP contribution in [0.1, 0.15) is 66.3 Å². The van der Waals surface area contributed by atoms with Crippen molar-refractivity contribution in [3.8, 4) is 6.07 Å². The smallest absolute Gasteiger partial charge is 0.151 e. The fourth-order valence-electron chi connectivity index (χ4n) is 8.03. The first-order valence-corrected chi connectivity index (χ1v) is 22.4. The Balaban J connectivity index is 0.000000135. The minimum atomic E-state index is 0.531. The highest BCUT2D eigenvalue weighted by Crippen LogP contribution is 2.26. The first kappa shape index (κ1) is 43.8. The topological polar surface area (TPSA) is 213 Å². The van der Waals surface area contributed by atoms with Gasteiger partial charge in [0, 0.05) is 130 Å². The van der Waals surface area contributed by atoms with Gasteiger partial charge in [0.1, 0.15) is 29.0 Å². The number of nitriles is 1. The van der Waals surface area contributed by atoms with Crippen LogP contribution >= 0.6 is 34.8 Å². The molecule has 0 radical (unpaired) electrons. The number of nitrogens with zero attached hydrogens (tertiary/aromatic N) is 9. The van der Waals surface area contributed by atoms with Gasteiger partial charge in [-0.2, -0.15) is 5.26 Å². The molecular weight excluding hydrogens is 917 g/mol. The number of benzene rings is 2. The summed E-state index contributed by atoms with van der Waals surface area (Å²) in [5, 5.41) is 18.2. The summed E-state index contributed by atoms with van der Waals surface area (Å²) in [6.07, 6.45) is 15.9. The molecule has 8 aromatic heterocycles. The summed E-state index contributed by atoms with van der Waals surface area (Å²) in [6, 6.07) is 26.2. The Bertz CT molecular complexity index is 3710. The highest BCUT2D eigenvalue weighted by atomic mass is 35.5. The van der Waals surface area contributed by atoms with Crippen molar-refractivity contribution in [3.05, 3.63) is 199 Å². The Hall–Kier alpha value is -8.09. The van der Waals surface area contributed by atoms with Crippen molar-refractivity contribution in [1.82, 2.24) is 45.2 Å². The molecule has 0 amide bonds. The number of hydrogen-bond donors (Lipinski definition) is 4. The van der Waals surface area contributed by atoms with E-state index in [0.29, 0.717) is 69.4 Å². The van der Waals surface area contributed by atoms with Crippen molar-refractivity contribution in [2.45, 2.75) is 32.5 Å². The number of nitrogens with one attached hydrogen (secondary N) is 3. The molecule has 5 N–H and O–H groups in total. The second kappa shape index (κ2) is 19.0. The Morgan fingerprint density at radius 1 is 0.647 bits per heavy atom. The number of halogens is 3. The van der Waals surface area contributed by atoms with Crippen LogP contribution in [0.15, 0.2) is 132 Å². The van der Waals surface area contributed by atoms with Gasteiger partial charge in [0.25, 0.3) is 0 Å². The third-order valence-corrected chi connectivity index (χ3v) is 12.2. The second-order valence-corrected chi connectivity index (χ2v) is 17.4. The standard InChI is InChI=1S/C26H18ClN7.C17H13ClN4.C8H5ClN2O/c27-20-6-17-3-15(1-2-24(17)30-14-20)4-21-7-23-19(12-29-21)13-34-26(23)32-10-16-5-22-18(8-28)11-33-25(22)31-9-16;18-13-5-11-3-10(1-2-16(11)21-9-13)4-14-6-15-12(7-20-14)8-22-17(15)19;9-7-3-11-8-6(7)1-5(4-12)2-10-8/h1-3,5-7,9,11-12,14H,4,10,13H2,(H,31,33)(H,32,34);1-3,5-7,9H,4,8H2,(H2,19,22);1-4H,(H,10,11). The lowest BCUT2D eigenvalue weighted by Gasteiger charge is -2.10. The molecule has 2 aliphatic rings. The van der Waals surface area contributed by atoms with Gasteiger partial charge in [-0.05, 0) is 77.4 Å². The third-order valence-electron chi connectivity index (χ3n) is 11.4. The molecule has 0 saturated carbocycles. The molecule has 2 aliphatic heterocycles. The molecule has 332 valence electrons. The van der Waals surface area contributed by atoms with Crippen LogP contribution in [-0.2, 0) is 32.5 Å². The monoisotopic (exact) mass is 951 g/mol. The van der Waals surface area contributed by atoms with E-state index in [4.69, 9.17) is 40.5 Å². The van der Waals surface area contributed by atoms with Crippen LogP contribution in [0.4, 0.5) is 0 Å². The number of aliphatic imine (C=N–C) groups is 2. The van der Waals surface area contributed by atoms with Gasteiger partial charge >= 0.3 is 0 Å². The number of hydrogen-bond acceptors (Lipinski definition) is 12. The highest BCUT2D eigenvalue weighted by Gasteiger charge is 2.18. The molecule has 0 unspecified atom stereocenters. The van der Waals surface area contributed by atoms with Crippen molar-refractivity contribution >= 4 is 96.6 Å². The van der Waals surface area contributed by atoms with Gasteiger partial charge in [-0.25, -0.2) is 9.97 Å². The zero-order chi connectivity index (χ0) is 46.7. The van der Waals surface area contributed by atoms with Gasteiger partial charge < -0.3 is 21.0 Å². The Morgan fingerprint density at radius 3 is 1.94 bits per heavy atom. The Kier molecular flexibility index (Phi) is 12.2. The fraction of sp³-hybridized carbons (Fsp3) is 0.0980. The average Bonchev–Trinajstić information content (AvgIpc) is 4.15. The van der Waals surface area contributed by atoms with E-state index in [2.05, 4.69) is 91.6 Å². The number of amidine groups is 2. The number of rotatable bonds is 7. The minimum absolute atomic E-state index is 0.531. The number of aromatic nitrogens is 8. The van der Waals surface area contributed by atoms with E-state index < -0.39 is 0 Å². The van der Waals surface area contributed by atoms with E-state index in [0.717, 1.165) is 101 Å². The van der Waals surface area contributed by atoms with Crippen LogP contribution in [0.3, 0.4) is 0 Å². The molecule has 0 saturated heterocycles. The van der Waals surface area contributed by atoms with Gasteiger partial charge in [0.15, 0.2) is 6.29 Å². The summed E-state index contributed by atoms with van der Waals surface area (Å²) in [5.41, 5.74) is 19.8. The van der Waals surface area contributed by atoms with Gasteiger partial charge in [-0.15, -0.1) is 0 Å². The van der Waals surface area contributed by atoms with Gasteiger partial charge in [-0.1, -0.05) is 46.9 Å². The maximum absolute atomic E-state index is 10.4. The normalized spacial score (nSPS) is 12.4. The van der Waals surface area contributed by atoms with Crippen molar-refractivity contribution in [1.29, 1.82) is 5.26 Å². The molecule has 0 atom stereocenters. The maximum atomic E-state index is 10.4. The lowest BCUT2D eigenvalue weighted by molar-refractivity contribution is 0.112. The van der Waals surface area contributed by atoms with Gasteiger partial charge in [-0.3, -0.25) is 34.7 Å². The zero-order valence-corrected chi connectivity index (χ0v) is 38.1. The fourth-order valence-corrected chi connectivity index (χ4v) is 8.57. The van der Waals surface area contributed by atoms with Gasteiger partial charge in [0.05, 0.1) is 44.8 Å². The number of fused-ring (bicyclic) bond motifs is 6. The largest absolute Gasteiger partial charge is 0.383 e. The zero-order valence-electron chi connectivity index (χ0n) is 35.8. The molecule has 0 fully saturated rings. The van der Waals surface area contributed by atoms with E-state index in [1.54, 1.807) is 30.9 Å². The number of aromatic amines is 2. The number of aldehydes is 1. The predicted molar refractivity (Wildman–Crippen MR) is 266 cm³/mol. The maximum Gasteiger partial charge on any atom is 0.151 e. The minimum Gasteiger partial charge on any atom is -0.383 e. The molecular formula is C51H36Cl3N13O.